The van der Waals surface area contributed by atoms with Crippen molar-refractivity contribution in [3.63, 3.8) is 0 Å². The fourth-order valence-corrected chi connectivity index (χ4v) is 2.95. The topological polar surface area (TPSA) is 46.6 Å². The third-order valence-corrected chi connectivity index (χ3v) is 4.71. The van der Waals surface area contributed by atoms with Gasteiger partial charge in [0.25, 0.3) is 5.91 Å². The number of nitrogens with zero attached hydrogens (tertiary/aromatic N) is 1. The third-order valence-electron chi connectivity index (χ3n) is 3.54. The van der Waals surface area contributed by atoms with E-state index in [9.17, 15) is 9.59 Å². The Kier molecular flexibility index (Phi) is 5.93. The van der Waals surface area contributed by atoms with Gasteiger partial charge in [0.1, 0.15) is 12.4 Å². The summed E-state index contributed by atoms with van der Waals surface area (Å²) in [6.45, 7) is 4.53. The number of likely N-dealkylation sites (N-methyl/N-ethyl adjacent to an activating group) is 1. The molecule has 0 spiro atoms. The Bertz CT molecular complexity index is 676. The Hall–Kier alpha value is -2.14. The number of benzene rings is 1. The van der Waals surface area contributed by atoms with E-state index in [-0.39, 0.29) is 11.7 Å². The average Bonchev–Trinajstić information content (AvgIpc) is 3.05. The predicted octanol–water partition coefficient (Wildman–Crippen LogP) is 3.66. The van der Waals surface area contributed by atoms with E-state index in [1.54, 1.807) is 24.1 Å². The molecule has 122 valence electrons. The molecule has 0 atom stereocenters. The average molecular weight is 331 g/mol. The van der Waals surface area contributed by atoms with Gasteiger partial charge in [-0.3, -0.25) is 9.59 Å². The van der Waals surface area contributed by atoms with E-state index >= 15 is 0 Å². The van der Waals surface area contributed by atoms with Gasteiger partial charge in [-0.2, -0.15) is 0 Å². The van der Waals surface area contributed by atoms with Gasteiger partial charge in [-0.25, -0.2) is 0 Å². The van der Waals surface area contributed by atoms with Crippen molar-refractivity contribution in [2.45, 2.75) is 20.3 Å². The summed E-state index contributed by atoms with van der Waals surface area (Å²) < 4.78 is 5.66. The van der Waals surface area contributed by atoms with E-state index in [0.717, 1.165) is 12.2 Å². The quantitative estimate of drug-likeness (QED) is 0.727. The smallest absolute Gasteiger partial charge is 0.263 e. The van der Waals surface area contributed by atoms with Gasteiger partial charge in [-0.05, 0) is 43.2 Å². The van der Waals surface area contributed by atoms with E-state index in [4.69, 9.17) is 4.74 Å². The van der Waals surface area contributed by atoms with Gasteiger partial charge >= 0.3 is 0 Å². The highest BCUT2D eigenvalue weighted by Crippen LogP contribution is 2.18. The number of aryl methyl sites for hydroxylation is 1. The fraction of sp³-hybridized carbons (Fsp3) is 0.333. The highest BCUT2D eigenvalue weighted by atomic mass is 32.1. The molecule has 1 amide bonds. The van der Waals surface area contributed by atoms with Crippen LogP contribution in [0.3, 0.4) is 0 Å². The van der Waals surface area contributed by atoms with Crippen molar-refractivity contribution < 1.29 is 14.3 Å². The molecule has 5 heteroatoms. The first-order chi connectivity index (χ1) is 11.0. The summed E-state index contributed by atoms with van der Waals surface area (Å²) in [5.41, 5.74) is 1.27. The van der Waals surface area contributed by atoms with Gasteiger partial charge in [0.05, 0.1) is 16.3 Å². The molecule has 0 aliphatic heterocycles. The molecule has 0 saturated heterocycles. The summed E-state index contributed by atoms with van der Waals surface area (Å²) in [7, 11) is 1.74. The number of hydrogen-bond donors (Lipinski definition) is 0. The van der Waals surface area contributed by atoms with Gasteiger partial charge in [-0.15, -0.1) is 11.3 Å². The molecular weight excluding hydrogens is 310 g/mol. The monoisotopic (exact) mass is 331 g/mol. The van der Waals surface area contributed by atoms with Crippen LogP contribution in [0.25, 0.3) is 0 Å². The molecule has 2 aromatic rings. The number of carbonyl (C=O) groups is 2. The molecule has 1 aromatic carbocycles. The van der Waals surface area contributed by atoms with Crippen LogP contribution in [-0.2, 0) is 6.42 Å². The highest BCUT2D eigenvalue weighted by Gasteiger charge is 2.15. The molecule has 0 bridgehead atoms. The minimum Gasteiger partial charge on any atom is -0.492 e. The lowest BCUT2D eigenvalue weighted by Crippen LogP contribution is -2.30. The maximum Gasteiger partial charge on any atom is 0.263 e. The molecule has 0 aliphatic carbocycles. The normalized spacial score (nSPS) is 10.4. The Balaban J connectivity index is 1.84. The van der Waals surface area contributed by atoms with Crippen molar-refractivity contribution >= 4 is 23.0 Å². The van der Waals surface area contributed by atoms with Gasteiger partial charge in [0.15, 0.2) is 5.78 Å². The lowest BCUT2D eigenvalue weighted by Gasteiger charge is -2.16. The summed E-state index contributed by atoms with van der Waals surface area (Å²) in [4.78, 5) is 26.4. The van der Waals surface area contributed by atoms with Crippen LogP contribution in [0.1, 0.15) is 38.8 Å². The van der Waals surface area contributed by atoms with Crippen molar-refractivity contribution in [1.82, 2.24) is 4.90 Å². The summed E-state index contributed by atoms with van der Waals surface area (Å²) >= 11 is 1.23. The van der Waals surface area contributed by atoms with E-state index in [2.05, 4.69) is 6.92 Å². The van der Waals surface area contributed by atoms with Crippen molar-refractivity contribution in [3.8, 4) is 5.75 Å². The first-order valence-corrected chi connectivity index (χ1v) is 8.41. The molecule has 0 aliphatic rings. The molecule has 1 aromatic heterocycles. The van der Waals surface area contributed by atoms with Crippen molar-refractivity contribution in [1.29, 1.82) is 0 Å². The second-order valence-electron chi connectivity index (χ2n) is 5.29. The highest BCUT2D eigenvalue weighted by molar-refractivity contribution is 7.15. The lowest BCUT2D eigenvalue weighted by atomic mass is 10.2. The Morgan fingerprint density at radius 2 is 1.74 bits per heavy atom. The van der Waals surface area contributed by atoms with Crippen molar-refractivity contribution in [2.75, 3.05) is 20.2 Å². The molecule has 4 nitrogen and oxygen atoms in total. The maximum absolute atomic E-state index is 12.3. The van der Waals surface area contributed by atoms with Crippen LogP contribution in [0.5, 0.6) is 5.75 Å². The van der Waals surface area contributed by atoms with Crippen LogP contribution < -0.4 is 4.74 Å². The predicted molar refractivity (Wildman–Crippen MR) is 92.6 cm³/mol. The second kappa shape index (κ2) is 7.92. The van der Waals surface area contributed by atoms with E-state index in [1.807, 2.05) is 24.3 Å². The van der Waals surface area contributed by atoms with E-state index in [0.29, 0.717) is 22.9 Å². The maximum atomic E-state index is 12.3. The molecule has 0 saturated carbocycles. The van der Waals surface area contributed by atoms with Gasteiger partial charge in [0.2, 0.25) is 0 Å². The van der Waals surface area contributed by atoms with Crippen molar-refractivity contribution in [3.05, 3.63) is 51.7 Å². The molecule has 1 heterocycles. The summed E-state index contributed by atoms with van der Waals surface area (Å²) in [6, 6.07) is 11.4. The Labute approximate surface area is 140 Å². The fourth-order valence-electron chi connectivity index (χ4n) is 2.05. The number of hydrogen-bond acceptors (Lipinski definition) is 4. The number of thiophene rings is 1. The number of ether oxygens (including phenoxy) is 1. The number of ketones is 1. The SMILES string of the molecule is CCc1ccc(OCCN(C)C(=O)c2ccc(C(C)=O)s2)cc1. The van der Waals surface area contributed by atoms with Crippen LogP contribution >= 0.6 is 11.3 Å². The number of carbonyl (C=O) groups excluding carboxylic acids is 2. The zero-order valence-electron chi connectivity index (χ0n) is 13.7. The zero-order chi connectivity index (χ0) is 16.8. The van der Waals surface area contributed by atoms with Crippen molar-refractivity contribution in [2.24, 2.45) is 0 Å². The largest absolute Gasteiger partial charge is 0.492 e. The van der Waals surface area contributed by atoms with Gasteiger partial charge < -0.3 is 9.64 Å². The first-order valence-electron chi connectivity index (χ1n) is 7.59. The van der Waals surface area contributed by atoms with Crippen LogP contribution in [0.2, 0.25) is 0 Å². The molecule has 0 N–H and O–H groups in total. The summed E-state index contributed by atoms with van der Waals surface area (Å²) in [5.74, 6) is 0.695. The third kappa shape index (κ3) is 4.66. The molecule has 0 fully saturated rings. The van der Waals surface area contributed by atoms with Crippen LogP contribution in [-0.4, -0.2) is 36.8 Å². The summed E-state index contributed by atoms with van der Waals surface area (Å²) in [6.07, 6.45) is 1.00. The Morgan fingerprint density at radius 3 is 2.30 bits per heavy atom. The van der Waals surface area contributed by atoms with E-state index in [1.165, 1.54) is 23.8 Å². The summed E-state index contributed by atoms with van der Waals surface area (Å²) in [5, 5.41) is 0. The van der Waals surface area contributed by atoms with Crippen LogP contribution in [0.4, 0.5) is 0 Å². The molecular formula is C18H21NO3S. The van der Waals surface area contributed by atoms with Gasteiger partial charge in [0, 0.05) is 7.05 Å². The lowest BCUT2D eigenvalue weighted by molar-refractivity contribution is 0.0778. The minimum absolute atomic E-state index is 0.0180. The molecule has 23 heavy (non-hydrogen) atoms. The molecule has 0 radical (unpaired) electrons. The number of rotatable bonds is 7. The second-order valence-corrected chi connectivity index (χ2v) is 6.38. The van der Waals surface area contributed by atoms with Crippen LogP contribution in [0.15, 0.2) is 36.4 Å². The zero-order valence-corrected chi connectivity index (χ0v) is 14.5. The Morgan fingerprint density at radius 1 is 1.09 bits per heavy atom. The molecule has 0 unspecified atom stereocenters. The number of amides is 1. The molecule has 2 rings (SSSR count). The van der Waals surface area contributed by atoms with Crippen LogP contribution in [0, 0.1) is 0 Å². The minimum atomic E-state index is -0.0903. The first kappa shape index (κ1) is 17.2. The van der Waals surface area contributed by atoms with Gasteiger partial charge in [-0.1, -0.05) is 19.1 Å². The van der Waals surface area contributed by atoms with E-state index < -0.39 is 0 Å². The standard InChI is InChI=1S/C18H21NO3S/c1-4-14-5-7-15(8-6-14)22-12-11-19(3)18(21)17-10-9-16(23-17)13(2)20/h5-10H,4,11-12H2,1-3H3. The number of Topliss-reactive ketones (excluding diaryl/α,β-unsaturated/α-hetero) is 1.